The zero-order valence-electron chi connectivity index (χ0n) is 15.0. The van der Waals surface area contributed by atoms with Crippen molar-refractivity contribution in [1.82, 2.24) is 5.43 Å². The predicted octanol–water partition coefficient (Wildman–Crippen LogP) is 6.00. The molecule has 3 nitrogen and oxygen atoms in total. The van der Waals surface area contributed by atoms with Gasteiger partial charge in [0.15, 0.2) is 0 Å². The molecule has 0 atom stereocenters. The van der Waals surface area contributed by atoms with E-state index >= 15 is 0 Å². The first-order valence-electron chi connectivity index (χ1n) is 8.58. The molecule has 138 valence electrons. The lowest BCUT2D eigenvalue weighted by Gasteiger charge is -2.10. The first-order valence-corrected chi connectivity index (χ1v) is 9.34. The summed E-state index contributed by atoms with van der Waals surface area (Å²) >= 11 is 12.0. The molecular formula is C22H20Cl2N2O. The van der Waals surface area contributed by atoms with Gasteiger partial charge in [0.05, 0.1) is 12.8 Å². The molecule has 5 heteroatoms. The van der Waals surface area contributed by atoms with Crippen LogP contribution in [-0.2, 0) is 13.2 Å². The van der Waals surface area contributed by atoms with Crippen molar-refractivity contribution in [2.24, 2.45) is 5.10 Å². The molecule has 0 heterocycles. The van der Waals surface area contributed by atoms with E-state index in [1.165, 1.54) is 5.56 Å². The average molecular weight is 399 g/mol. The number of nitrogens with zero attached hydrogens (tertiary/aromatic N) is 1. The SMILES string of the molecule is Cc1ccc(COc2ccc(Cl)cc2/C=N\NCc2ccc(Cl)cc2)cc1. The van der Waals surface area contributed by atoms with Gasteiger partial charge in [-0.05, 0) is 48.4 Å². The van der Waals surface area contributed by atoms with Crippen molar-refractivity contribution < 1.29 is 4.74 Å². The van der Waals surface area contributed by atoms with Crippen molar-refractivity contribution in [3.63, 3.8) is 0 Å². The lowest BCUT2D eigenvalue weighted by atomic mass is 10.1. The lowest BCUT2D eigenvalue weighted by molar-refractivity contribution is 0.306. The molecule has 0 aromatic heterocycles. The zero-order valence-corrected chi connectivity index (χ0v) is 16.5. The van der Waals surface area contributed by atoms with E-state index in [1.54, 1.807) is 6.21 Å². The number of rotatable bonds is 7. The van der Waals surface area contributed by atoms with Gasteiger partial charge in [0.1, 0.15) is 12.4 Å². The van der Waals surface area contributed by atoms with Crippen molar-refractivity contribution in [3.8, 4) is 5.75 Å². The van der Waals surface area contributed by atoms with Gasteiger partial charge in [0.25, 0.3) is 0 Å². The van der Waals surface area contributed by atoms with E-state index in [0.29, 0.717) is 18.2 Å². The third-order valence-corrected chi connectivity index (χ3v) is 4.47. The van der Waals surface area contributed by atoms with E-state index in [1.807, 2.05) is 42.5 Å². The molecule has 1 N–H and O–H groups in total. The molecule has 0 aliphatic carbocycles. The fourth-order valence-corrected chi connectivity index (χ4v) is 2.76. The van der Waals surface area contributed by atoms with Crippen molar-refractivity contribution in [1.29, 1.82) is 0 Å². The summed E-state index contributed by atoms with van der Waals surface area (Å²) in [7, 11) is 0. The van der Waals surface area contributed by atoms with E-state index in [-0.39, 0.29) is 0 Å². The second-order valence-electron chi connectivity index (χ2n) is 6.18. The number of hydrazone groups is 1. The molecule has 0 unspecified atom stereocenters. The molecule has 3 rings (SSSR count). The Labute approximate surface area is 169 Å². The Bertz CT molecular complexity index is 907. The highest BCUT2D eigenvalue weighted by Gasteiger charge is 2.04. The summed E-state index contributed by atoms with van der Waals surface area (Å²) in [5.74, 6) is 0.733. The molecule has 0 saturated heterocycles. The summed E-state index contributed by atoms with van der Waals surface area (Å²) in [6.45, 7) is 3.16. The van der Waals surface area contributed by atoms with Gasteiger partial charge in [-0.2, -0.15) is 5.10 Å². The van der Waals surface area contributed by atoms with Crippen LogP contribution >= 0.6 is 23.2 Å². The van der Waals surface area contributed by atoms with Crippen LogP contribution in [0.2, 0.25) is 10.0 Å². The molecule has 0 aliphatic heterocycles. The maximum absolute atomic E-state index is 6.12. The first-order chi connectivity index (χ1) is 13.1. The summed E-state index contributed by atoms with van der Waals surface area (Å²) in [6.07, 6.45) is 1.71. The molecule has 3 aromatic carbocycles. The summed E-state index contributed by atoms with van der Waals surface area (Å²) in [6, 6.07) is 21.4. The molecular weight excluding hydrogens is 379 g/mol. The molecule has 0 amide bonds. The topological polar surface area (TPSA) is 33.6 Å². The van der Waals surface area contributed by atoms with Crippen LogP contribution in [0.3, 0.4) is 0 Å². The number of hydrogen-bond acceptors (Lipinski definition) is 3. The van der Waals surface area contributed by atoms with Crippen LogP contribution in [0.25, 0.3) is 0 Å². The van der Waals surface area contributed by atoms with E-state index < -0.39 is 0 Å². The fourth-order valence-electron chi connectivity index (χ4n) is 2.45. The third kappa shape index (κ3) is 6.02. The molecule has 0 spiro atoms. The Balaban J connectivity index is 1.62. The number of hydrogen-bond donors (Lipinski definition) is 1. The van der Waals surface area contributed by atoms with Crippen LogP contribution in [0.4, 0.5) is 0 Å². The number of aryl methyl sites for hydroxylation is 1. The third-order valence-electron chi connectivity index (χ3n) is 3.98. The van der Waals surface area contributed by atoms with Crippen molar-refractivity contribution in [3.05, 3.63) is 99.0 Å². The monoisotopic (exact) mass is 398 g/mol. The Hall–Kier alpha value is -2.49. The van der Waals surface area contributed by atoms with E-state index in [9.17, 15) is 0 Å². The molecule has 0 radical (unpaired) electrons. The molecule has 27 heavy (non-hydrogen) atoms. The van der Waals surface area contributed by atoms with Gasteiger partial charge in [-0.25, -0.2) is 0 Å². The van der Waals surface area contributed by atoms with Crippen molar-refractivity contribution >= 4 is 29.4 Å². The van der Waals surface area contributed by atoms with Gasteiger partial charge in [0.2, 0.25) is 0 Å². The highest BCUT2D eigenvalue weighted by atomic mass is 35.5. The Morgan fingerprint density at radius 3 is 2.30 bits per heavy atom. The van der Waals surface area contributed by atoms with Gasteiger partial charge in [0, 0.05) is 15.6 Å². The second-order valence-corrected chi connectivity index (χ2v) is 7.05. The maximum Gasteiger partial charge on any atom is 0.128 e. The molecule has 0 aliphatic rings. The normalized spacial score (nSPS) is 10.9. The van der Waals surface area contributed by atoms with Crippen LogP contribution in [0.1, 0.15) is 22.3 Å². The van der Waals surface area contributed by atoms with E-state index in [0.717, 1.165) is 27.5 Å². The first kappa shape index (κ1) is 19.3. The molecule has 0 saturated carbocycles. The summed E-state index contributed by atoms with van der Waals surface area (Å²) in [5, 5.41) is 5.64. The van der Waals surface area contributed by atoms with Gasteiger partial charge in [-0.1, -0.05) is 65.2 Å². The maximum atomic E-state index is 6.12. The van der Waals surface area contributed by atoms with Crippen LogP contribution in [0.15, 0.2) is 71.8 Å². The minimum Gasteiger partial charge on any atom is -0.488 e. The molecule has 3 aromatic rings. The highest BCUT2D eigenvalue weighted by Crippen LogP contribution is 2.22. The van der Waals surface area contributed by atoms with Crippen LogP contribution < -0.4 is 10.2 Å². The lowest BCUT2D eigenvalue weighted by Crippen LogP contribution is -2.06. The quantitative estimate of drug-likeness (QED) is 0.390. The van der Waals surface area contributed by atoms with E-state index in [4.69, 9.17) is 27.9 Å². The van der Waals surface area contributed by atoms with Crippen molar-refractivity contribution in [2.75, 3.05) is 0 Å². The van der Waals surface area contributed by atoms with Crippen LogP contribution in [0, 0.1) is 6.92 Å². The fraction of sp³-hybridized carbons (Fsp3) is 0.136. The summed E-state index contributed by atoms with van der Waals surface area (Å²) in [4.78, 5) is 0. The standard InChI is InChI=1S/C22H20Cl2N2O/c1-16-2-4-18(5-3-16)15-27-22-11-10-21(24)12-19(22)14-26-25-13-17-6-8-20(23)9-7-17/h2-12,14,25H,13,15H2,1H3/b26-14-. The smallest absolute Gasteiger partial charge is 0.128 e. The van der Waals surface area contributed by atoms with Gasteiger partial charge < -0.3 is 10.2 Å². The number of benzene rings is 3. The highest BCUT2D eigenvalue weighted by molar-refractivity contribution is 6.31. The van der Waals surface area contributed by atoms with Crippen LogP contribution in [0.5, 0.6) is 5.75 Å². The minimum atomic E-state index is 0.487. The minimum absolute atomic E-state index is 0.487. The summed E-state index contributed by atoms with van der Waals surface area (Å²) in [5.41, 5.74) is 7.27. The Morgan fingerprint density at radius 2 is 1.56 bits per heavy atom. The summed E-state index contributed by atoms with van der Waals surface area (Å²) < 4.78 is 5.95. The number of nitrogens with one attached hydrogen (secondary N) is 1. The zero-order chi connectivity index (χ0) is 19.1. The predicted molar refractivity (Wildman–Crippen MR) is 113 cm³/mol. The number of ether oxygens (including phenoxy) is 1. The number of halogens is 2. The average Bonchev–Trinajstić information content (AvgIpc) is 2.67. The Kier molecular flexibility index (Phi) is 6.74. The van der Waals surface area contributed by atoms with Crippen molar-refractivity contribution in [2.45, 2.75) is 20.1 Å². The second kappa shape index (κ2) is 9.45. The Morgan fingerprint density at radius 1 is 0.889 bits per heavy atom. The van der Waals surface area contributed by atoms with Crippen LogP contribution in [-0.4, -0.2) is 6.21 Å². The molecule has 0 fully saturated rings. The van der Waals surface area contributed by atoms with Gasteiger partial charge in [-0.3, -0.25) is 0 Å². The van der Waals surface area contributed by atoms with E-state index in [2.05, 4.69) is 41.7 Å². The molecule has 0 bridgehead atoms. The largest absolute Gasteiger partial charge is 0.488 e. The van der Waals surface area contributed by atoms with Gasteiger partial charge >= 0.3 is 0 Å². The van der Waals surface area contributed by atoms with Gasteiger partial charge in [-0.15, -0.1) is 0 Å².